The molecule has 2 nitrogen and oxygen atoms in total. The van der Waals surface area contributed by atoms with Crippen LogP contribution in [0.25, 0.3) is 0 Å². The normalized spacial score (nSPS) is 15.8. The summed E-state index contributed by atoms with van der Waals surface area (Å²) in [7, 11) is 1.44. The lowest BCUT2D eigenvalue weighted by molar-refractivity contribution is 0.0599. The van der Waals surface area contributed by atoms with Gasteiger partial charge >= 0.3 is 5.97 Å². The fourth-order valence-corrected chi connectivity index (χ4v) is 3.53. The minimum atomic E-state index is -0.245. The molecule has 0 unspecified atom stereocenters. The van der Waals surface area contributed by atoms with Crippen LogP contribution < -0.4 is 0 Å². The highest BCUT2D eigenvalue weighted by molar-refractivity contribution is 9.10. The molecule has 104 valence electrons. The minimum absolute atomic E-state index is 0.245. The minimum Gasteiger partial charge on any atom is -0.465 e. The Morgan fingerprint density at radius 1 is 1.32 bits per heavy atom. The Morgan fingerprint density at radius 3 is 2.53 bits per heavy atom. The topological polar surface area (TPSA) is 26.3 Å². The van der Waals surface area contributed by atoms with Gasteiger partial charge in [0.15, 0.2) is 0 Å². The largest absolute Gasteiger partial charge is 0.465 e. The molecule has 0 heterocycles. The number of rotatable bonds is 3. The Kier molecular flexibility index (Phi) is 4.67. The van der Waals surface area contributed by atoms with Crippen molar-refractivity contribution < 1.29 is 9.53 Å². The van der Waals surface area contributed by atoms with Gasteiger partial charge < -0.3 is 4.74 Å². The van der Waals surface area contributed by atoms with Crippen molar-refractivity contribution in [3.63, 3.8) is 0 Å². The van der Waals surface area contributed by atoms with Crippen LogP contribution in [0, 0.1) is 19.8 Å². The highest BCUT2D eigenvalue weighted by Gasteiger charge is 2.21. The van der Waals surface area contributed by atoms with Gasteiger partial charge in [-0.3, -0.25) is 0 Å². The van der Waals surface area contributed by atoms with Crippen molar-refractivity contribution in [3.05, 3.63) is 32.8 Å². The highest BCUT2D eigenvalue weighted by atomic mass is 79.9. The van der Waals surface area contributed by atoms with Crippen LogP contribution in [-0.4, -0.2) is 13.1 Å². The van der Waals surface area contributed by atoms with Crippen LogP contribution in [0.3, 0.4) is 0 Å². The standard InChI is InChI=1S/C16H21BrO2/c1-10-13(8-12-6-4-5-7-12)11(2)15(17)9-14(10)16(18)19-3/h9,12H,4-8H2,1-3H3. The smallest absolute Gasteiger partial charge is 0.338 e. The maximum Gasteiger partial charge on any atom is 0.338 e. The summed E-state index contributed by atoms with van der Waals surface area (Å²) >= 11 is 3.57. The summed E-state index contributed by atoms with van der Waals surface area (Å²) in [6.45, 7) is 4.17. The summed E-state index contributed by atoms with van der Waals surface area (Å²) in [5.41, 5.74) is 4.35. The predicted molar refractivity (Wildman–Crippen MR) is 80.6 cm³/mol. The van der Waals surface area contributed by atoms with Crippen molar-refractivity contribution >= 4 is 21.9 Å². The number of carbonyl (C=O) groups excluding carboxylic acids is 1. The average Bonchev–Trinajstić information content (AvgIpc) is 2.91. The molecule has 1 aliphatic carbocycles. The molecule has 0 N–H and O–H groups in total. The second-order valence-electron chi connectivity index (χ2n) is 5.48. The third-order valence-electron chi connectivity index (χ3n) is 4.31. The molecule has 1 aromatic carbocycles. The van der Waals surface area contributed by atoms with Gasteiger partial charge in [0, 0.05) is 4.47 Å². The van der Waals surface area contributed by atoms with E-state index in [1.807, 2.05) is 13.0 Å². The van der Waals surface area contributed by atoms with Gasteiger partial charge in [-0.05, 0) is 48.9 Å². The fourth-order valence-electron chi connectivity index (χ4n) is 3.06. The highest BCUT2D eigenvalue weighted by Crippen LogP contribution is 2.33. The number of ether oxygens (including phenoxy) is 1. The third kappa shape index (κ3) is 3.02. The summed E-state index contributed by atoms with van der Waals surface area (Å²) in [6, 6.07) is 1.88. The molecule has 0 amide bonds. The van der Waals surface area contributed by atoms with E-state index in [4.69, 9.17) is 4.74 Å². The van der Waals surface area contributed by atoms with E-state index in [2.05, 4.69) is 22.9 Å². The van der Waals surface area contributed by atoms with E-state index in [9.17, 15) is 4.79 Å². The van der Waals surface area contributed by atoms with E-state index < -0.39 is 0 Å². The van der Waals surface area contributed by atoms with Gasteiger partial charge in [-0.15, -0.1) is 0 Å². The second-order valence-corrected chi connectivity index (χ2v) is 6.34. The summed E-state index contributed by atoms with van der Waals surface area (Å²) in [5, 5.41) is 0. The van der Waals surface area contributed by atoms with Gasteiger partial charge in [-0.25, -0.2) is 4.79 Å². The number of hydrogen-bond donors (Lipinski definition) is 0. The van der Waals surface area contributed by atoms with Gasteiger partial charge in [-0.1, -0.05) is 41.6 Å². The average molecular weight is 325 g/mol. The molecule has 19 heavy (non-hydrogen) atoms. The summed E-state index contributed by atoms with van der Waals surface area (Å²) < 4.78 is 5.88. The van der Waals surface area contributed by atoms with Gasteiger partial charge in [0.25, 0.3) is 0 Å². The maximum atomic E-state index is 11.8. The van der Waals surface area contributed by atoms with Crippen LogP contribution in [0.4, 0.5) is 0 Å². The SMILES string of the molecule is COC(=O)c1cc(Br)c(C)c(CC2CCCC2)c1C. The van der Waals surface area contributed by atoms with Gasteiger partial charge in [0.1, 0.15) is 0 Å². The van der Waals surface area contributed by atoms with Crippen LogP contribution in [0.15, 0.2) is 10.5 Å². The van der Waals surface area contributed by atoms with Crippen LogP contribution >= 0.6 is 15.9 Å². The molecular formula is C16H21BrO2. The van der Waals surface area contributed by atoms with Gasteiger partial charge in [0.05, 0.1) is 12.7 Å². The number of carbonyl (C=O) groups is 1. The Bertz CT molecular complexity index is 488. The molecule has 1 aliphatic rings. The molecule has 0 saturated heterocycles. The fraction of sp³-hybridized carbons (Fsp3) is 0.562. The van der Waals surface area contributed by atoms with E-state index in [1.165, 1.54) is 43.9 Å². The van der Waals surface area contributed by atoms with Gasteiger partial charge in [-0.2, -0.15) is 0 Å². The molecule has 3 heteroatoms. The Hall–Kier alpha value is -0.830. The van der Waals surface area contributed by atoms with Crippen molar-refractivity contribution in [1.82, 2.24) is 0 Å². The first-order chi connectivity index (χ1) is 9.04. The summed E-state index contributed by atoms with van der Waals surface area (Å²) in [5.74, 6) is 0.531. The van der Waals surface area contributed by atoms with E-state index >= 15 is 0 Å². The molecule has 1 saturated carbocycles. The number of hydrogen-bond acceptors (Lipinski definition) is 2. The zero-order valence-corrected chi connectivity index (χ0v) is 13.5. The van der Waals surface area contributed by atoms with Crippen LogP contribution in [0.1, 0.15) is 52.7 Å². The molecule has 2 rings (SSSR count). The maximum absolute atomic E-state index is 11.8. The molecule has 1 aromatic rings. The third-order valence-corrected chi connectivity index (χ3v) is 5.14. The lowest BCUT2D eigenvalue weighted by Crippen LogP contribution is -2.10. The first kappa shape index (κ1) is 14.6. The second kappa shape index (κ2) is 6.08. The van der Waals surface area contributed by atoms with Crippen molar-refractivity contribution in [2.24, 2.45) is 5.92 Å². The van der Waals surface area contributed by atoms with E-state index in [-0.39, 0.29) is 5.97 Å². The molecule has 0 aliphatic heterocycles. The number of esters is 1. The lowest BCUT2D eigenvalue weighted by atomic mass is 9.89. The van der Waals surface area contributed by atoms with Crippen molar-refractivity contribution in [1.29, 1.82) is 0 Å². The Morgan fingerprint density at radius 2 is 1.95 bits per heavy atom. The first-order valence-electron chi connectivity index (χ1n) is 6.91. The zero-order valence-electron chi connectivity index (χ0n) is 11.9. The van der Waals surface area contributed by atoms with Crippen LogP contribution in [-0.2, 0) is 11.2 Å². The number of benzene rings is 1. The Balaban J connectivity index is 2.39. The number of halogens is 1. The van der Waals surface area contributed by atoms with Crippen LogP contribution in [0.2, 0.25) is 0 Å². The lowest BCUT2D eigenvalue weighted by Gasteiger charge is -2.18. The summed E-state index contributed by atoms with van der Waals surface area (Å²) in [4.78, 5) is 11.8. The van der Waals surface area contributed by atoms with E-state index in [0.717, 1.165) is 22.4 Å². The van der Waals surface area contributed by atoms with Crippen molar-refractivity contribution in [3.8, 4) is 0 Å². The van der Waals surface area contributed by atoms with E-state index in [1.54, 1.807) is 0 Å². The van der Waals surface area contributed by atoms with Crippen LogP contribution in [0.5, 0.6) is 0 Å². The monoisotopic (exact) mass is 324 g/mol. The van der Waals surface area contributed by atoms with E-state index in [0.29, 0.717) is 5.56 Å². The quantitative estimate of drug-likeness (QED) is 0.760. The molecule has 0 spiro atoms. The predicted octanol–water partition coefficient (Wildman–Crippen LogP) is 4.59. The molecule has 0 radical (unpaired) electrons. The van der Waals surface area contributed by atoms with Gasteiger partial charge in [0.2, 0.25) is 0 Å². The molecule has 0 aromatic heterocycles. The molecular weight excluding hydrogens is 304 g/mol. The first-order valence-corrected chi connectivity index (χ1v) is 7.70. The molecule has 0 bridgehead atoms. The van der Waals surface area contributed by atoms with Crippen molar-refractivity contribution in [2.75, 3.05) is 7.11 Å². The Labute approximate surface area is 123 Å². The summed E-state index contributed by atoms with van der Waals surface area (Å²) in [6.07, 6.45) is 6.42. The molecule has 1 fully saturated rings. The molecule has 0 atom stereocenters. The number of methoxy groups -OCH3 is 1. The van der Waals surface area contributed by atoms with Crippen molar-refractivity contribution in [2.45, 2.75) is 46.0 Å². The zero-order chi connectivity index (χ0) is 14.0.